The highest BCUT2D eigenvalue weighted by molar-refractivity contribution is 5.90. The van der Waals surface area contributed by atoms with Gasteiger partial charge in [0.05, 0.1) is 7.11 Å². The van der Waals surface area contributed by atoms with E-state index >= 15 is 0 Å². The molecule has 1 aromatic heterocycles. The Kier molecular flexibility index (Phi) is 4.77. The van der Waals surface area contributed by atoms with Crippen molar-refractivity contribution < 1.29 is 27.5 Å². The molecule has 1 heterocycles. The summed E-state index contributed by atoms with van der Waals surface area (Å²) in [5, 5.41) is 3.46. The Morgan fingerprint density at radius 3 is 2.29 bits per heavy atom. The Hall–Kier alpha value is -2.32. The van der Waals surface area contributed by atoms with Gasteiger partial charge in [-0.2, -0.15) is 13.2 Å². The van der Waals surface area contributed by atoms with Gasteiger partial charge < -0.3 is 15.4 Å². The predicted molar refractivity (Wildman–Crippen MR) is 67.2 cm³/mol. The Morgan fingerprint density at radius 2 is 1.90 bits per heavy atom. The van der Waals surface area contributed by atoms with E-state index in [1.807, 2.05) is 5.32 Å². The lowest BCUT2D eigenvalue weighted by atomic mass is 10.1. The second kappa shape index (κ2) is 5.98. The third-order valence-electron chi connectivity index (χ3n) is 2.51. The number of hydrogen-bond acceptors (Lipinski definition) is 5. The molecule has 0 saturated carbocycles. The molecular weight excluding hydrogens is 291 g/mol. The quantitative estimate of drug-likeness (QED) is 0.649. The van der Waals surface area contributed by atoms with Crippen molar-refractivity contribution in [2.24, 2.45) is 0 Å². The molecule has 1 rings (SSSR count). The number of alkyl halides is 3. The maximum atomic E-state index is 13.3. The average Bonchev–Trinajstić information content (AvgIpc) is 2.37. The highest BCUT2D eigenvalue weighted by Crippen LogP contribution is 2.32. The molecule has 1 atom stereocenters. The Bertz CT molecular complexity index is 531. The van der Waals surface area contributed by atoms with E-state index in [9.17, 15) is 22.8 Å². The number of amides is 1. The van der Waals surface area contributed by atoms with Gasteiger partial charge in [0.25, 0.3) is 0 Å². The van der Waals surface area contributed by atoms with Crippen LogP contribution >= 0.6 is 0 Å². The van der Waals surface area contributed by atoms with Crippen molar-refractivity contribution in [3.05, 3.63) is 23.9 Å². The van der Waals surface area contributed by atoms with Crippen molar-refractivity contribution in [2.45, 2.75) is 25.7 Å². The van der Waals surface area contributed by atoms with Crippen LogP contribution in [0.25, 0.3) is 0 Å². The molecule has 0 fully saturated rings. The molecule has 116 valence electrons. The van der Waals surface area contributed by atoms with Crippen LogP contribution in [0.4, 0.5) is 19.0 Å². The van der Waals surface area contributed by atoms with Crippen LogP contribution in [0.15, 0.2) is 18.3 Å². The maximum Gasteiger partial charge on any atom is 0.441 e. The second-order valence-corrected chi connectivity index (χ2v) is 4.27. The van der Waals surface area contributed by atoms with E-state index in [0.29, 0.717) is 0 Å². The zero-order valence-corrected chi connectivity index (χ0v) is 11.5. The molecule has 0 unspecified atom stereocenters. The number of nitrogens with one attached hydrogen (secondary N) is 2. The van der Waals surface area contributed by atoms with Crippen molar-refractivity contribution >= 4 is 17.7 Å². The minimum Gasteiger partial charge on any atom is -0.466 e. The first-order valence-corrected chi connectivity index (χ1v) is 5.77. The first kappa shape index (κ1) is 16.7. The molecule has 0 saturated heterocycles. The molecule has 0 aliphatic carbocycles. The summed E-state index contributed by atoms with van der Waals surface area (Å²) in [4.78, 5) is 26.5. The van der Waals surface area contributed by atoms with Crippen LogP contribution in [0, 0.1) is 6.92 Å². The Morgan fingerprint density at radius 1 is 1.29 bits per heavy atom. The lowest BCUT2D eigenvalue weighted by Gasteiger charge is -2.34. The van der Waals surface area contributed by atoms with Gasteiger partial charge >= 0.3 is 17.8 Å². The number of rotatable bonds is 4. The van der Waals surface area contributed by atoms with Crippen LogP contribution in [-0.4, -0.2) is 35.8 Å². The summed E-state index contributed by atoms with van der Waals surface area (Å²) >= 11 is 0. The van der Waals surface area contributed by atoms with E-state index in [1.165, 1.54) is 18.3 Å². The van der Waals surface area contributed by atoms with Gasteiger partial charge in [0.15, 0.2) is 0 Å². The number of nitrogens with zero attached hydrogens (tertiary/aromatic N) is 1. The summed E-state index contributed by atoms with van der Waals surface area (Å²) in [5.74, 6) is -3.00. The minimum atomic E-state index is -5.14. The number of esters is 1. The fourth-order valence-corrected chi connectivity index (χ4v) is 1.54. The SMILES string of the molecule is COC(=O)[C@@](NC(C)=O)(Nc1ccc(C)cn1)C(F)(F)F. The normalized spacial score (nSPS) is 14.0. The van der Waals surface area contributed by atoms with Gasteiger partial charge in [0.2, 0.25) is 5.91 Å². The van der Waals surface area contributed by atoms with Crippen molar-refractivity contribution in [3.8, 4) is 0 Å². The monoisotopic (exact) mass is 305 g/mol. The minimum absolute atomic E-state index is 0.239. The zero-order valence-electron chi connectivity index (χ0n) is 11.5. The lowest BCUT2D eigenvalue weighted by molar-refractivity contribution is -0.206. The summed E-state index contributed by atoms with van der Waals surface area (Å²) in [5.41, 5.74) is -2.69. The smallest absolute Gasteiger partial charge is 0.441 e. The van der Waals surface area contributed by atoms with Crippen molar-refractivity contribution in [2.75, 3.05) is 12.4 Å². The number of ether oxygens (including phenoxy) is 1. The van der Waals surface area contributed by atoms with Crippen LogP contribution in [0.3, 0.4) is 0 Å². The number of methoxy groups -OCH3 is 1. The number of halogens is 3. The van der Waals surface area contributed by atoms with E-state index in [2.05, 4.69) is 9.72 Å². The van der Waals surface area contributed by atoms with Crippen LogP contribution < -0.4 is 10.6 Å². The fraction of sp³-hybridized carbons (Fsp3) is 0.417. The van der Waals surface area contributed by atoms with Gasteiger partial charge in [0.1, 0.15) is 5.82 Å². The number of carbonyl (C=O) groups excluding carboxylic acids is 2. The fourth-order valence-electron chi connectivity index (χ4n) is 1.54. The van der Waals surface area contributed by atoms with Crippen molar-refractivity contribution in [1.82, 2.24) is 10.3 Å². The second-order valence-electron chi connectivity index (χ2n) is 4.27. The highest BCUT2D eigenvalue weighted by atomic mass is 19.4. The Labute approximate surface area is 118 Å². The number of aromatic nitrogens is 1. The molecule has 2 N–H and O–H groups in total. The summed E-state index contributed by atoms with van der Waals surface area (Å²) in [6.45, 7) is 2.55. The first-order valence-electron chi connectivity index (χ1n) is 5.77. The summed E-state index contributed by atoms with van der Waals surface area (Å²) in [6.07, 6.45) is -3.83. The van der Waals surface area contributed by atoms with E-state index < -0.39 is 23.7 Å². The van der Waals surface area contributed by atoms with Crippen LogP contribution in [-0.2, 0) is 14.3 Å². The number of hydrogen-bond donors (Lipinski definition) is 2. The summed E-state index contributed by atoms with van der Waals surface area (Å²) < 4.78 is 44.2. The standard InChI is InChI=1S/C12H14F3N3O3/c1-7-4-5-9(16-6-7)18-11(10(20)21-3,12(13,14)15)17-8(2)19/h4-6H,1-3H3,(H,16,18)(H,17,19)/t11-/m1/s1. The summed E-state index contributed by atoms with van der Waals surface area (Å²) in [7, 11) is 0.787. The van der Waals surface area contributed by atoms with Gasteiger partial charge in [-0.1, -0.05) is 6.07 Å². The van der Waals surface area contributed by atoms with Gasteiger partial charge in [-0.05, 0) is 18.6 Å². The molecule has 1 aromatic rings. The molecule has 0 aromatic carbocycles. The number of anilines is 1. The lowest BCUT2D eigenvalue weighted by Crippen LogP contribution is -2.69. The van der Waals surface area contributed by atoms with Crippen LogP contribution in [0.1, 0.15) is 12.5 Å². The largest absolute Gasteiger partial charge is 0.466 e. The maximum absolute atomic E-state index is 13.3. The van der Waals surface area contributed by atoms with E-state index in [-0.39, 0.29) is 5.82 Å². The molecule has 1 amide bonds. The van der Waals surface area contributed by atoms with E-state index in [0.717, 1.165) is 19.6 Å². The van der Waals surface area contributed by atoms with Gasteiger partial charge in [0, 0.05) is 13.1 Å². The summed E-state index contributed by atoms with van der Waals surface area (Å²) in [6, 6.07) is 2.75. The zero-order chi connectivity index (χ0) is 16.3. The van der Waals surface area contributed by atoms with Gasteiger partial charge in [-0.25, -0.2) is 9.78 Å². The predicted octanol–water partition coefficient (Wildman–Crippen LogP) is 1.37. The van der Waals surface area contributed by atoms with E-state index in [4.69, 9.17) is 0 Å². The number of pyridine rings is 1. The van der Waals surface area contributed by atoms with Crippen LogP contribution in [0.2, 0.25) is 0 Å². The molecule has 6 nitrogen and oxygen atoms in total. The average molecular weight is 305 g/mol. The molecular formula is C12H14F3N3O3. The third-order valence-corrected chi connectivity index (χ3v) is 2.51. The van der Waals surface area contributed by atoms with Gasteiger partial charge in [-0.15, -0.1) is 0 Å². The topological polar surface area (TPSA) is 80.3 Å². The van der Waals surface area contributed by atoms with Crippen LogP contribution in [0.5, 0.6) is 0 Å². The van der Waals surface area contributed by atoms with Crippen molar-refractivity contribution in [1.29, 1.82) is 0 Å². The molecule has 0 aliphatic heterocycles. The molecule has 21 heavy (non-hydrogen) atoms. The van der Waals surface area contributed by atoms with E-state index in [1.54, 1.807) is 12.2 Å². The highest BCUT2D eigenvalue weighted by Gasteiger charge is 2.63. The number of aryl methyl sites for hydroxylation is 1. The molecule has 0 aliphatic rings. The molecule has 0 radical (unpaired) electrons. The third kappa shape index (κ3) is 3.61. The molecule has 0 spiro atoms. The molecule has 0 bridgehead atoms. The first-order chi connectivity index (χ1) is 9.62. The van der Waals surface area contributed by atoms with Gasteiger partial charge in [-0.3, -0.25) is 4.79 Å². The Balaban J connectivity index is 3.30. The van der Waals surface area contributed by atoms with Crippen molar-refractivity contribution in [3.63, 3.8) is 0 Å². The number of carbonyl (C=O) groups is 2. The molecule has 9 heteroatoms.